The van der Waals surface area contributed by atoms with Crippen LogP contribution < -0.4 is 15.4 Å². The van der Waals surface area contributed by atoms with Crippen molar-refractivity contribution in [3.63, 3.8) is 0 Å². The molecule has 24 heavy (non-hydrogen) atoms. The lowest BCUT2D eigenvalue weighted by Crippen LogP contribution is -2.32. The van der Waals surface area contributed by atoms with E-state index >= 15 is 0 Å². The number of carbonyl (C=O) groups is 1. The molecule has 0 saturated heterocycles. The topological polar surface area (TPSA) is 50.4 Å². The molecule has 2 aromatic rings. The molecular formula is C20H24N2O2. The van der Waals surface area contributed by atoms with Crippen LogP contribution >= 0.6 is 0 Å². The van der Waals surface area contributed by atoms with E-state index < -0.39 is 0 Å². The van der Waals surface area contributed by atoms with Gasteiger partial charge in [-0.2, -0.15) is 0 Å². The van der Waals surface area contributed by atoms with Crippen molar-refractivity contribution in [2.75, 3.05) is 18.5 Å². The molecule has 0 aliphatic heterocycles. The van der Waals surface area contributed by atoms with Crippen LogP contribution in [0, 0.1) is 13.8 Å². The molecule has 0 unspecified atom stereocenters. The molecule has 3 rings (SSSR count). The van der Waals surface area contributed by atoms with Crippen molar-refractivity contribution >= 4 is 11.7 Å². The van der Waals surface area contributed by atoms with Crippen molar-refractivity contribution in [1.82, 2.24) is 5.32 Å². The summed E-state index contributed by atoms with van der Waals surface area (Å²) in [6.45, 7) is 4.95. The smallest absolute Gasteiger partial charge is 0.319 e. The minimum absolute atomic E-state index is 0.211. The van der Waals surface area contributed by atoms with E-state index in [2.05, 4.69) is 28.8 Å². The first kappa shape index (κ1) is 16.4. The lowest BCUT2D eigenvalue weighted by Gasteiger charge is -2.11. The Labute approximate surface area is 143 Å². The third-order valence-corrected chi connectivity index (χ3v) is 4.21. The highest BCUT2D eigenvalue weighted by Gasteiger charge is 2.11. The fourth-order valence-corrected chi connectivity index (χ4v) is 3.19. The Kier molecular flexibility index (Phi) is 5.04. The standard InChI is InChI=1S/C20H24N2O2/c1-14-10-15(2)12-18(11-14)22-20(23)21-8-9-24-19-7-6-16-4-3-5-17(16)13-19/h6-7,10-13H,3-5,8-9H2,1-2H3,(H2,21,22,23). The first-order valence-electron chi connectivity index (χ1n) is 8.48. The van der Waals surface area contributed by atoms with Gasteiger partial charge in [0.1, 0.15) is 12.4 Å². The van der Waals surface area contributed by atoms with Gasteiger partial charge >= 0.3 is 6.03 Å². The van der Waals surface area contributed by atoms with Crippen molar-refractivity contribution in [1.29, 1.82) is 0 Å². The van der Waals surface area contributed by atoms with E-state index in [1.54, 1.807) is 0 Å². The zero-order valence-corrected chi connectivity index (χ0v) is 14.3. The van der Waals surface area contributed by atoms with Crippen LogP contribution in [0.15, 0.2) is 36.4 Å². The average molecular weight is 324 g/mol. The average Bonchev–Trinajstić information content (AvgIpc) is 2.98. The van der Waals surface area contributed by atoms with Crippen LogP contribution in [0.1, 0.15) is 28.7 Å². The Hall–Kier alpha value is -2.49. The van der Waals surface area contributed by atoms with Gasteiger partial charge in [-0.25, -0.2) is 4.79 Å². The van der Waals surface area contributed by atoms with E-state index in [9.17, 15) is 4.79 Å². The van der Waals surface area contributed by atoms with E-state index in [0.717, 1.165) is 29.0 Å². The van der Waals surface area contributed by atoms with Crippen LogP contribution in [-0.4, -0.2) is 19.2 Å². The monoisotopic (exact) mass is 324 g/mol. The lowest BCUT2D eigenvalue weighted by atomic mass is 10.1. The van der Waals surface area contributed by atoms with Gasteiger partial charge < -0.3 is 15.4 Å². The van der Waals surface area contributed by atoms with E-state index in [4.69, 9.17) is 4.74 Å². The van der Waals surface area contributed by atoms with Crippen molar-refractivity contribution in [2.45, 2.75) is 33.1 Å². The minimum atomic E-state index is -0.211. The largest absolute Gasteiger partial charge is 0.492 e. The number of aryl methyl sites for hydroxylation is 4. The number of amides is 2. The molecular weight excluding hydrogens is 300 g/mol. The van der Waals surface area contributed by atoms with Crippen molar-refractivity contribution in [3.8, 4) is 5.75 Å². The second kappa shape index (κ2) is 7.39. The second-order valence-corrected chi connectivity index (χ2v) is 6.39. The molecule has 0 saturated carbocycles. The van der Waals surface area contributed by atoms with Crippen molar-refractivity contribution in [2.24, 2.45) is 0 Å². The minimum Gasteiger partial charge on any atom is -0.492 e. The number of benzene rings is 2. The predicted octanol–water partition coefficient (Wildman–Crippen LogP) is 3.99. The van der Waals surface area contributed by atoms with E-state index in [-0.39, 0.29) is 6.03 Å². The highest BCUT2D eigenvalue weighted by atomic mass is 16.5. The zero-order valence-electron chi connectivity index (χ0n) is 14.3. The molecule has 0 aromatic heterocycles. The van der Waals surface area contributed by atoms with Gasteiger partial charge in [0, 0.05) is 5.69 Å². The summed E-state index contributed by atoms with van der Waals surface area (Å²) in [4.78, 5) is 11.9. The van der Waals surface area contributed by atoms with E-state index in [1.807, 2.05) is 32.0 Å². The SMILES string of the molecule is Cc1cc(C)cc(NC(=O)NCCOc2ccc3c(c2)CCC3)c1. The molecule has 0 fully saturated rings. The molecule has 2 amide bonds. The molecule has 0 radical (unpaired) electrons. The quantitative estimate of drug-likeness (QED) is 0.817. The lowest BCUT2D eigenvalue weighted by molar-refractivity contribution is 0.247. The fraction of sp³-hybridized carbons (Fsp3) is 0.350. The summed E-state index contributed by atoms with van der Waals surface area (Å²) in [7, 11) is 0. The third-order valence-electron chi connectivity index (χ3n) is 4.21. The van der Waals surface area contributed by atoms with Crippen molar-refractivity contribution in [3.05, 3.63) is 58.7 Å². The zero-order chi connectivity index (χ0) is 16.9. The molecule has 1 aliphatic carbocycles. The highest BCUT2D eigenvalue weighted by molar-refractivity contribution is 5.89. The summed E-state index contributed by atoms with van der Waals surface area (Å²) >= 11 is 0. The summed E-state index contributed by atoms with van der Waals surface area (Å²) in [5, 5.41) is 5.67. The molecule has 126 valence electrons. The number of rotatable bonds is 5. The van der Waals surface area contributed by atoms with Gasteiger partial charge in [0.25, 0.3) is 0 Å². The van der Waals surface area contributed by atoms with E-state index in [0.29, 0.717) is 13.2 Å². The highest BCUT2D eigenvalue weighted by Crippen LogP contribution is 2.25. The Morgan fingerprint density at radius 3 is 2.58 bits per heavy atom. The molecule has 0 spiro atoms. The van der Waals surface area contributed by atoms with Gasteiger partial charge in [0.15, 0.2) is 0 Å². The van der Waals surface area contributed by atoms with Crippen LogP contribution in [0.25, 0.3) is 0 Å². The number of fused-ring (bicyclic) bond motifs is 1. The Morgan fingerprint density at radius 2 is 1.79 bits per heavy atom. The third kappa shape index (κ3) is 4.28. The Bertz CT molecular complexity index is 720. The van der Waals surface area contributed by atoms with Gasteiger partial charge in [0.05, 0.1) is 6.54 Å². The van der Waals surface area contributed by atoms with Crippen LogP contribution in [-0.2, 0) is 12.8 Å². The van der Waals surface area contributed by atoms with Crippen LogP contribution in [0.4, 0.5) is 10.5 Å². The van der Waals surface area contributed by atoms with Crippen LogP contribution in [0.5, 0.6) is 5.75 Å². The van der Waals surface area contributed by atoms with Gasteiger partial charge in [-0.15, -0.1) is 0 Å². The first-order valence-corrected chi connectivity index (χ1v) is 8.48. The number of hydrogen-bond donors (Lipinski definition) is 2. The number of hydrogen-bond acceptors (Lipinski definition) is 2. The first-order chi connectivity index (χ1) is 11.6. The molecule has 4 heteroatoms. The molecule has 2 aromatic carbocycles. The maximum atomic E-state index is 11.9. The molecule has 4 nitrogen and oxygen atoms in total. The molecule has 1 aliphatic rings. The number of carbonyl (C=O) groups excluding carboxylic acids is 1. The Balaban J connectivity index is 1.42. The fourth-order valence-electron chi connectivity index (χ4n) is 3.19. The Morgan fingerprint density at radius 1 is 1.04 bits per heavy atom. The van der Waals surface area contributed by atoms with Gasteiger partial charge in [-0.3, -0.25) is 0 Å². The summed E-state index contributed by atoms with van der Waals surface area (Å²) in [6, 6.07) is 12.1. The van der Waals surface area contributed by atoms with Crippen LogP contribution in [0.3, 0.4) is 0 Å². The summed E-state index contributed by atoms with van der Waals surface area (Å²) < 4.78 is 5.73. The van der Waals surface area contributed by atoms with Gasteiger partial charge in [-0.1, -0.05) is 12.1 Å². The maximum absolute atomic E-state index is 11.9. The van der Waals surface area contributed by atoms with Crippen molar-refractivity contribution < 1.29 is 9.53 Å². The molecule has 0 atom stereocenters. The van der Waals surface area contributed by atoms with Gasteiger partial charge in [0.2, 0.25) is 0 Å². The predicted molar refractivity (Wildman–Crippen MR) is 96.9 cm³/mol. The number of ether oxygens (including phenoxy) is 1. The molecule has 0 heterocycles. The summed E-state index contributed by atoms with van der Waals surface area (Å²) in [5.74, 6) is 0.882. The number of nitrogens with one attached hydrogen (secondary N) is 2. The number of anilines is 1. The summed E-state index contributed by atoms with van der Waals surface area (Å²) in [5.41, 5.74) is 5.90. The normalized spacial score (nSPS) is 12.6. The maximum Gasteiger partial charge on any atom is 0.319 e. The van der Waals surface area contributed by atoms with E-state index in [1.165, 1.54) is 24.0 Å². The molecule has 2 N–H and O–H groups in total. The number of urea groups is 1. The van der Waals surface area contributed by atoms with Crippen LogP contribution in [0.2, 0.25) is 0 Å². The summed E-state index contributed by atoms with van der Waals surface area (Å²) in [6.07, 6.45) is 3.55. The second-order valence-electron chi connectivity index (χ2n) is 6.39. The van der Waals surface area contributed by atoms with Gasteiger partial charge in [-0.05, 0) is 79.6 Å². The molecule has 0 bridgehead atoms.